The summed E-state index contributed by atoms with van der Waals surface area (Å²) >= 11 is 0. The highest BCUT2D eigenvalue weighted by atomic mass is 16.8. The molecule has 0 aromatic heterocycles. The molecule has 1 amide bonds. The Morgan fingerprint density at radius 2 is 1.82 bits per heavy atom. The van der Waals surface area contributed by atoms with E-state index in [1.807, 2.05) is 6.92 Å². The van der Waals surface area contributed by atoms with E-state index in [2.05, 4.69) is 19.2 Å². The van der Waals surface area contributed by atoms with Crippen molar-refractivity contribution < 1.29 is 28.5 Å². The Hall–Kier alpha value is -1.60. The minimum Gasteiger partial charge on any atom is -0.463 e. The molecule has 2 rings (SSSR count). The number of carbonyl (C=O) groups excluding carboxylic acids is 2. The number of ether oxygens (including phenoxy) is 4. The van der Waals surface area contributed by atoms with Gasteiger partial charge in [-0.25, -0.2) is 9.59 Å². The predicted octanol–water partition coefficient (Wildman–Crippen LogP) is 3.86. The average molecular weight is 398 g/mol. The maximum atomic E-state index is 12.3. The van der Waals surface area contributed by atoms with Gasteiger partial charge in [-0.3, -0.25) is 0 Å². The van der Waals surface area contributed by atoms with E-state index >= 15 is 0 Å². The van der Waals surface area contributed by atoms with Crippen molar-refractivity contribution in [2.75, 3.05) is 13.2 Å². The number of unbranched alkanes of at least 4 members (excludes halogenated alkanes) is 1. The zero-order valence-corrected chi connectivity index (χ0v) is 17.6. The van der Waals surface area contributed by atoms with Gasteiger partial charge in [0.2, 0.25) is 0 Å². The molecule has 0 saturated carbocycles. The number of hydrogen-bond donors (Lipinski definition) is 1. The number of rotatable bonds is 10. The third-order valence-electron chi connectivity index (χ3n) is 5.06. The molecule has 0 aromatic rings. The topological polar surface area (TPSA) is 83.1 Å². The Labute approximate surface area is 168 Å². The number of fused-ring (bicyclic) bond motifs is 1. The fraction of sp³-hybridized carbons (Fsp3) is 0.810. The van der Waals surface area contributed by atoms with Crippen molar-refractivity contribution in [1.29, 1.82) is 0 Å². The second kappa shape index (κ2) is 10.8. The molecule has 0 bridgehead atoms. The summed E-state index contributed by atoms with van der Waals surface area (Å²) in [7, 11) is 0. The summed E-state index contributed by atoms with van der Waals surface area (Å²) in [5.41, 5.74) is 0.509. The van der Waals surface area contributed by atoms with E-state index in [9.17, 15) is 9.59 Å². The first-order valence-corrected chi connectivity index (χ1v) is 10.6. The fourth-order valence-electron chi connectivity index (χ4n) is 3.85. The van der Waals surface area contributed by atoms with Gasteiger partial charge in [0.15, 0.2) is 5.79 Å². The number of hydrogen-bond acceptors (Lipinski definition) is 6. The molecule has 160 valence electrons. The molecule has 3 unspecified atom stereocenters. The molecule has 1 aliphatic heterocycles. The van der Waals surface area contributed by atoms with Crippen LogP contribution < -0.4 is 5.32 Å². The molecule has 7 nitrogen and oxygen atoms in total. The van der Waals surface area contributed by atoms with Crippen LogP contribution in [0.2, 0.25) is 0 Å². The third-order valence-corrected chi connectivity index (χ3v) is 5.06. The van der Waals surface area contributed by atoms with Crippen LogP contribution in [0, 0.1) is 0 Å². The molecular weight excluding hydrogens is 362 g/mol. The van der Waals surface area contributed by atoms with Gasteiger partial charge in [-0.05, 0) is 19.4 Å². The third kappa shape index (κ3) is 5.70. The number of alkyl carbamates (subject to hydrolysis) is 1. The van der Waals surface area contributed by atoms with E-state index in [1.54, 1.807) is 13.0 Å². The Balaban J connectivity index is 2.18. The molecule has 2 aliphatic rings. The molecule has 1 aliphatic carbocycles. The average Bonchev–Trinajstić information content (AvgIpc) is 3.01. The van der Waals surface area contributed by atoms with E-state index in [1.165, 1.54) is 0 Å². The lowest BCUT2D eigenvalue weighted by Crippen LogP contribution is -2.50. The minimum atomic E-state index is -0.675. The van der Waals surface area contributed by atoms with Crippen molar-refractivity contribution in [2.24, 2.45) is 0 Å². The Kier molecular flexibility index (Phi) is 8.76. The highest BCUT2D eigenvalue weighted by Crippen LogP contribution is 2.41. The lowest BCUT2D eigenvalue weighted by Gasteiger charge is -2.31. The van der Waals surface area contributed by atoms with E-state index in [0.29, 0.717) is 25.2 Å². The van der Waals surface area contributed by atoms with Gasteiger partial charge in [-0.2, -0.15) is 0 Å². The van der Waals surface area contributed by atoms with Gasteiger partial charge >= 0.3 is 12.1 Å². The summed E-state index contributed by atoms with van der Waals surface area (Å²) in [4.78, 5) is 24.5. The van der Waals surface area contributed by atoms with Gasteiger partial charge in [0.1, 0.15) is 12.2 Å². The monoisotopic (exact) mass is 397 g/mol. The molecule has 1 saturated heterocycles. The molecule has 3 atom stereocenters. The molecule has 28 heavy (non-hydrogen) atoms. The number of esters is 1. The second-order valence-electron chi connectivity index (χ2n) is 7.43. The van der Waals surface area contributed by atoms with Gasteiger partial charge < -0.3 is 24.3 Å². The van der Waals surface area contributed by atoms with Crippen molar-refractivity contribution >= 4 is 12.1 Å². The normalized spacial score (nSPS) is 25.6. The second-order valence-corrected chi connectivity index (χ2v) is 7.43. The molecule has 0 radical (unpaired) electrons. The van der Waals surface area contributed by atoms with Gasteiger partial charge in [0.05, 0.1) is 19.3 Å². The fourth-order valence-corrected chi connectivity index (χ4v) is 3.85. The molecule has 1 N–H and O–H groups in total. The summed E-state index contributed by atoms with van der Waals surface area (Å²) < 4.78 is 23.1. The van der Waals surface area contributed by atoms with Gasteiger partial charge in [0.25, 0.3) is 0 Å². The molecule has 0 spiro atoms. The lowest BCUT2D eigenvalue weighted by atomic mass is 9.90. The Morgan fingerprint density at radius 3 is 2.43 bits per heavy atom. The van der Waals surface area contributed by atoms with Crippen molar-refractivity contribution in [3.63, 3.8) is 0 Å². The molecular formula is C21H35NO6. The summed E-state index contributed by atoms with van der Waals surface area (Å²) in [6.07, 6.45) is 6.04. The van der Waals surface area contributed by atoms with Crippen LogP contribution >= 0.6 is 0 Å². The summed E-state index contributed by atoms with van der Waals surface area (Å²) in [5.74, 6) is -1.05. The number of amides is 1. The maximum absolute atomic E-state index is 12.3. The number of carbonyl (C=O) groups is 2. The standard InChI is InChI=1S/C21H35NO6/c1-5-9-12-26-20(24)22-16-13-15(19(23)25-8-4)14-17-18(16)28-21(27-17,10-6-2)11-7-3/h14,16-18H,5-13H2,1-4H3,(H,22,24). The van der Waals surface area contributed by atoms with Crippen LogP contribution in [0.4, 0.5) is 4.79 Å². The summed E-state index contributed by atoms with van der Waals surface area (Å²) in [6.45, 7) is 8.66. The van der Waals surface area contributed by atoms with E-state index < -0.39 is 24.0 Å². The molecule has 7 heteroatoms. The molecule has 0 aromatic carbocycles. The van der Waals surface area contributed by atoms with Crippen LogP contribution in [-0.2, 0) is 23.7 Å². The van der Waals surface area contributed by atoms with Crippen LogP contribution in [0.3, 0.4) is 0 Å². The van der Waals surface area contributed by atoms with Crippen molar-refractivity contribution in [2.45, 2.75) is 96.7 Å². The molecule has 1 fully saturated rings. The van der Waals surface area contributed by atoms with Crippen molar-refractivity contribution in [1.82, 2.24) is 5.32 Å². The first-order chi connectivity index (χ1) is 13.5. The van der Waals surface area contributed by atoms with Gasteiger partial charge in [-0.1, -0.05) is 40.0 Å². The maximum Gasteiger partial charge on any atom is 0.407 e. The Bertz CT molecular complexity index is 555. The Morgan fingerprint density at radius 1 is 1.11 bits per heavy atom. The van der Waals surface area contributed by atoms with Crippen LogP contribution in [0.15, 0.2) is 11.6 Å². The van der Waals surface area contributed by atoms with E-state index in [0.717, 1.165) is 38.5 Å². The van der Waals surface area contributed by atoms with Crippen LogP contribution in [0.1, 0.15) is 72.6 Å². The summed E-state index contributed by atoms with van der Waals surface area (Å²) in [6, 6.07) is -0.404. The SMILES string of the molecule is CCCCOC(=O)NC1CC(C(=O)OCC)=CC2OC(CCC)(CCC)OC12. The first kappa shape index (κ1) is 22.7. The highest BCUT2D eigenvalue weighted by Gasteiger charge is 2.51. The van der Waals surface area contributed by atoms with Crippen molar-refractivity contribution in [3.8, 4) is 0 Å². The largest absolute Gasteiger partial charge is 0.463 e. The van der Waals surface area contributed by atoms with Crippen molar-refractivity contribution in [3.05, 3.63) is 11.6 Å². The predicted molar refractivity (Wildman–Crippen MR) is 105 cm³/mol. The minimum absolute atomic E-state index is 0.300. The van der Waals surface area contributed by atoms with Crippen LogP contribution in [-0.4, -0.2) is 49.3 Å². The van der Waals surface area contributed by atoms with Gasteiger partial charge in [-0.15, -0.1) is 0 Å². The first-order valence-electron chi connectivity index (χ1n) is 10.6. The number of nitrogens with one attached hydrogen (secondary N) is 1. The quantitative estimate of drug-likeness (QED) is 0.445. The van der Waals surface area contributed by atoms with Crippen LogP contribution in [0.25, 0.3) is 0 Å². The van der Waals surface area contributed by atoms with E-state index in [4.69, 9.17) is 18.9 Å². The zero-order chi connectivity index (χ0) is 20.6. The van der Waals surface area contributed by atoms with Crippen LogP contribution in [0.5, 0.6) is 0 Å². The zero-order valence-electron chi connectivity index (χ0n) is 17.6. The van der Waals surface area contributed by atoms with Gasteiger partial charge in [0, 0.05) is 24.8 Å². The molecule has 1 heterocycles. The highest BCUT2D eigenvalue weighted by molar-refractivity contribution is 5.89. The summed E-state index contributed by atoms with van der Waals surface area (Å²) in [5, 5.41) is 2.88. The smallest absolute Gasteiger partial charge is 0.407 e. The van der Waals surface area contributed by atoms with E-state index in [-0.39, 0.29) is 12.1 Å². The lowest BCUT2D eigenvalue weighted by molar-refractivity contribution is -0.183.